The van der Waals surface area contributed by atoms with E-state index < -0.39 is 11.9 Å². The van der Waals surface area contributed by atoms with Crippen molar-refractivity contribution in [2.45, 2.75) is 33.2 Å². The fourth-order valence-corrected chi connectivity index (χ4v) is 2.51. The van der Waals surface area contributed by atoms with Crippen LogP contribution in [-0.4, -0.2) is 24.4 Å². The predicted molar refractivity (Wildman–Crippen MR) is 103 cm³/mol. The van der Waals surface area contributed by atoms with E-state index in [0.29, 0.717) is 6.54 Å². The van der Waals surface area contributed by atoms with Gasteiger partial charge in [0.15, 0.2) is 6.61 Å². The molecule has 0 unspecified atom stereocenters. The van der Waals surface area contributed by atoms with Crippen LogP contribution in [0.25, 0.3) is 0 Å². The van der Waals surface area contributed by atoms with Gasteiger partial charge in [-0.3, -0.25) is 14.4 Å². The number of carbonyl (C=O) groups excluding carboxylic acids is 3. The van der Waals surface area contributed by atoms with Crippen LogP contribution in [0, 0.1) is 13.8 Å². The molecule has 0 aliphatic carbocycles. The molecule has 2 rings (SSSR count). The molecule has 0 fully saturated rings. The summed E-state index contributed by atoms with van der Waals surface area (Å²) in [6.45, 7) is 3.82. The molecule has 0 aliphatic heterocycles. The maximum Gasteiger partial charge on any atom is 0.306 e. The first kappa shape index (κ1) is 20.2. The molecule has 0 aliphatic rings. The van der Waals surface area contributed by atoms with Crippen molar-refractivity contribution in [3.63, 3.8) is 0 Å². The molecule has 0 saturated carbocycles. The highest BCUT2D eigenvalue weighted by Crippen LogP contribution is 2.19. The Morgan fingerprint density at radius 2 is 1.52 bits per heavy atom. The maximum atomic E-state index is 12.0. The molecule has 2 aromatic rings. The van der Waals surface area contributed by atoms with Crippen LogP contribution < -0.4 is 10.6 Å². The molecule has 6 nitrogen and oxygen atoms in total. The topological polar surface area (TPSA) is 84.5 Å². The molecule has 0 saturated heterocycles. The van der Waals surface area contributed by atoms with Crippen LogP contribution in [0.2, 0.25) is 0 Å². The quantitative estimate of drug-likeness (QED) is 0.702. The van der Waals surface area contributed by atoms with Gasteiger partial charge in [0.1, 0.15) is 0 Å². The Morgan fingerprint density at radius 1 is 0.852 bits per heavy atom. The van der Waals surface area contributed by atoms with Gasteiger partial charge in [0.2, 0.25) is 5.91 Å². The number of hydrogen-bond donors (Lipinski definition) is 2. The molecule has 0 aromatic heterocycles. The van der Waals surface area contributed by atoms with Crippen molar-refractivity contribution in [1.82, 2.24) is 5.32 Å². The van der Waals surface area contributed by atoms with Crippen molar-refractivity contribution in [1.29, 1.82) is 0 Å². The molecule has 0 spiro atoms. The average Bonchev–Trinajstić information content (AvgIpc) is 2.67. The number of amides is 2. The number of hydrogen-bond acceptors (Lipinski definition) is 4. The van der Waals surface area contributed by atoms with Crippen LogP contribution in [0.5, 0.6) is 0 Å². The third-order valence-corrected chi connectivity index (χ3v) is 4.00. The van der Waals surface area contributed by atoms with Gasteiger partial charge in [-0.2, -0.15) is 0 Å². The Bertz CT molecular complexity index is 783. The zero-order chi connectivity index (χ0) is 19.6. The smallest absolute Gasteiger partial charge is 0.306 e. The molecular weight excluding hydrogens is 344 g/mol. The van der Waals surface area contributed by atoms with Gasteiger partial charge < -0.3 is 15.4 Å². The van der Waals surface area contributed by atoms with Crippen molar-refractivity contribution < 1.29 is 19.1 Å². The van der Waals surface area contributed by atoms with E-state index in [1.807, 2.05) is 62.4 Å². The first-order valence-electron chi connectivity index (χ1n) is 8.78. The van der Waals surface area contributed by atoms with Gasteiger partial charge in [0.25, 0.3) is 5.91 Å². The molecule has 142 valence electrons. The third-order valence-electron chi connectivity index (χ3n) is 4.00. The summed E-state index contributed by atoms with van der Waals surface area (Å²) in [7, 11) is 0. The number of anilines is 1. The van der Waals surface area contributed by atoms with Gasteiger partial charge in [0, 0.05) is 18.7 Å². The summed E-state index contributed by atoms with van der Waals surface area (Å²) in [6.07, 6.45) is -0.0541. The molecular formula is C21H24N2O4. The van der Waals surface area contributed by atoms with Gasteiger partial charge in [-0.05, 0) is 30.5 Å². The molecule has 2 N–H and O–H groups in total. The highest BCUT2D eigenvalue weighted by atomic mass is 16.5. The Morgan fingerprint density at radius 3 is 2.19 bits per heavy atom. The number of rotatable bonds is 8. The lowest BCUT2D eigenvalue weighted by molar-refractivity contribution is -0.148. The van der Waals surface area contributed by atoms with E-state index in [0.717, 1.165) is 22.4 Å². The van der Waals surface area contributed by atoms with Gasteiger partial charge in [-0.15, -0.1) is 0 Å². The van der Waals surface area contributed by atoms with Crippen LogP contribution in [0.3, 0.4) is 0 Å². The van der Waals surface area contributed by atoms with E-state index in [9.17, 15) is 14.4 Å². The molecule has 6 heteroatoms. The molecule has 0 bridgehead atoms. The van der Waals surface area contributed by atoms with E-state index in [1.54, 1.807) is 0 Å². The Kier molecular flexibility index (Phi) is 7.55. The highest BCUT2D eigenvalue weighted by Gasteiger charge is 2.12. The SMILES string of the molecule is Cc1cccc(C)c1NC(=O)COC(=O)CCC(=O)NCc1ccccc1. The average molecular weight is 368 g/mol. The normalized spacial score (nSPS) is 10.1. The number of para-hydroxylation sites is 1. The minimum atomic E-state index is -0.582. The molecule has 2 aromatic carbocycles. The van der Waals surface area contributed by atoms with Crippen molar-refractivity contribution in [2.75, 3.05) is 11.9 Å². The lowest BCUT2D eigenvalue weighted by Crippen LogP contribution is -2.25. The van der Waals surface area contributed by atoms with Crippen LogP contribution in [0.4, 0.5) is 5.69 Å². The fourth-order valence-electron chi connectivity index (χ4n) is 2.51. The Labute approximate surface area is 158 Å². The van der Waals surface area contributed by atoms with E-state index >= 15 is 0 Å². The standard InChI is InChI=1S/C21H24N2O4/c1-15-7-6-8-16(2)21(15)23-19(25)14-27-20(26)12-11-18(24)22-13-17-9-4-3-5-10-17/h3-10H,11-14H2,1-2H3,(H,22,24)(H,23,25). The molecule has 0 atom stereocenters. The van der Waals surface area contributed by atoms with E-state index in [2.05, 4.69) is 10.6 Å². The van der Waals surface area contributed by atoms with E-state index in [-0.39, 0.29) is 25.4 Å². The summed E-state index contributed by atoms with van der Waals surface area (Å²) in [5.41, 5.74) is 3.57. The molecule has 27 heavy (non-hydrogen) atoms. The van der Waals surface area contributed by atoms with Crippen LogP contribution in [0.1, 0.15) is 29.5 Å². The second kappa shape index (κ2) is 10.1. The Hall–Kier alpha value is -3.15. The summed E-state index contributed by atoms with van der Waals surface area (Å²) in [5, 5.41) is 5.48. The highest BCUT2D eigenvalue weighted by molar-refractivity contribution is 5.94. The number of esters is 1. The van der Waals surface area contributed by atoms with Crippen LogP contribution in [-0.2, 0) is 25.7 Å². The van der Waals surface area contributed by atoms with E-state index in [4.69, 9.17) is 4.74 Å². The lowest BCUT2D eigenvalue weighted by atomic mass is 10.1. The zero-order valence-corrected chi connectivity index (χ0v) is 15.6. The first-order valence-corrected chi connectivity index (χ1v) is 8.78. The second-order valence-electron chi connectivity index (χ2n) is 6.24. The largest absolute Gasteiger partial charge is 0.456 e. The van der Waals surface area contributed by atoms with Gasteiger partial charge in [-0.1, -0.05) is 48.5 Å². The van der Waals surface area contributed by atoms with Crippen LogP contribution in [0.15, 0.2) is 48.5 Å². The zero-order valence-electron chi connectivity index (χ0n) is 15.6. The minimum absolute atomic E-state index is 0.0180. The summed E-state index contributed by atoms with van der Waals surface area (Å²) < 4.78 is 4.94. The number of benzene rings is 2. The minimum Gasteiger partial charge on any atom is -0.456 e. The van der Waals surface area contributed by atoms with Gasteiger partial charge in [-0.25, -0.2) is 0 Å². The number of nitrogens with one attached hydrogen (secondary N) is 2. The predicted octanol–water partition coefficient (Wildman–Crippen LogP) is 2.88. The van der Waals surface area contributed by atoms with Crippen molar-refractivity contribution >= 4 is 23.5 Å². The number of ether oxygens (including phenoxy) is 1. The van der Waals surface area contributed by atoms with Gasteiger partial charge >= 0.3 is 5.97 Å². The molecule has 0 heterocycles. The third kappa shape index (κ3) is 6.93. The van der Waals surface area contributed by atoms with Crippen molar-refractivity contribution in [2.24, 2.45) is 0 Å². The summed E-state index contributed by atoms with van der Waals surface area (Å²) in [5.74, 6) is -1.23. The first-order chi connectivity index (χ1) is 13.0. The maximum absolute atomic E-state index is 12.0. The fraction of sp³-hybridized carbons (Fsp3) is 0.286. The summed E-state index contributed by atoms with van der Waals surface area (Å²) >= 11 is 0. The molecule has 0 radical (unpaired) electrons. The second-order valence-corrected chi connectivity index (χ2v) is 6.24. The molecule has 2 amide bonds. The monoisotopic (exact) mass is 368 g/mol. The van der Waals surface area contributed by atoms with Crippen molar-refractivity contribution in [3.8, 4) is 0 Å². The number of aryl methyl sites for hydroxylation is 2. The lowest BCUT2D eigenvalue weighted by Gasteiger charge is -2.11. The van der Waals surface area contributed by atoms with Crippen molar-refractivity contribution in [3.05, 3.63) is 65.2 Å². The summed E-state index contributed by atoms with van der Waals surface area (Å²) in [6, 6.07) is 15.2. The number of carbonyl (C=O) groups is 3. The van der Waals surface area contributed by atoms with Gasteiger partial charge in [0.05, 0.1) is 6.42 Å². The van der Waals surface area contributed by atoms with E-state index in [1.165, 1.54) is 0 Å². The van der Waals surface area contributed by atoms with Crippen LogP contribution >= 0.6 is 0 Å². The summed E-state index contributed by atoms with van der Waals surface area (Å²) in [4.78, 5) is 35.5. The Balaban J connectivity index is 1.66.